The molecule has 1 aliphatic carbocycles. The summed E-state index contributed by atoms with van der Waals surface area (Å²) in [6, 6.07) is 0.675. The van der Waals surface area contributed by atoms with Gasteiger partial charge in [0, 0.05) is 6.04 Å². The normalized spacial score (nSPS) is 19.7. The van der Waals surface area contributed by atoms with Gasteiger partial charge in [0.2, 0.25) is 0 Å². The molecule has 0 radical (unpaired) electrons. The molecule has 1 saturated carbocycles. The molecule has 0 heterocycles. The van der Waals surface area contributed by atoms with Gasteiger partial charge in [-0.3, -0.25) is 0 Å². The van der Waals surface area contributed by atoms with Crippen LogP contribution >= 0.6 is 0 Å². The second-order valence-electron chi connectivity index (χ2n) is 3.62. The third-order valence-corrected chi connectivity index (χ3v) is 2.26. The number of allylic oxidation sites excluding steroid dienone is 1. The maximum absolute atomic E-state index is 3.71. The van der Waals surface area contributed by atoms with E-state index in [1.807, 2.05) is 6.08 Å². The quantitative estimate of drug-likeness (QED) is 0.577. The first kappa shape index (κ1) is 8.79. The molecule has 0 spiro atoms. The van der Waals surface area contributed by atoms with E-state index in [0.29, 0.717) is 6.04 Å². The average molecular weight is 153 g/mol. The van der Waals surface area contributed by atoms with E-state index in [2.05, 4.69) is 18.8 Å². The van der Waals surface area contributed by atoms with Gasteiger partial charge in [0.1, 0.15) is 0 Å². The smallest absolute Gasteiger partial charge is 0.00417 e. The summed E-state index contributed by atoms with van der Waals surface area (Å²) < 4.78 is 0. The van der Waals surface area contributed by atoms with Gasteiger partial charge in [0.15, 0.2) is 0 Å². The first-order valence-electron chi connectivity index (χ1n) is 4.67. The van der Waals surface area contributed by atoms with E-state index in [-0.39, 0.29) is 0 Å². The fourth-order valence-corrected chi connectivity index (χ4v) is 1.16. The number of hydrogen-bond donors (Lipinski definition) is 1. The van der Waals surface area contributed by atoms with Crippen molar-refractivity contribution in [3.63, 3.8) is 0 Å². The Morgan fingerprint density at radius 1 is 1.64 bits per heavy atom. The van der Waals surface area contributed by atoms with Crippen molar-refractivity contribution in [1.29, 1.82) is 0 Å². The highest BCUT2D eigenvalue weighted by Gasteiger charge is 2.20. The largest absolute Gasteiger partial charge is 0.314 e. The van der Waals surface area contributed by atoms with Crippen LogP contribution in [0, 0.1) is 5.92 Å². The third kappa shape index (κ3) is 4.20. The van der Waals surface area contributed by atoms with Crippen LogP contribution in [0.15, 0.2) is 12.7 Å². The number of rotatable bonds is 6. The highest BCUT2D eigenvalue weighted by molar-refractivity contribution is 4.78. The first-order valence-corrected chi connectivity index (χ1v) is 4.67. The Labute approximate surface area is 69.9 Å². The summed E-state index contributed by atoms with van der Waals surface area (Å²) in [5, 5.41) is 3.53. The number of nitrogens with one attached hydrogen (secondary N) is 1. The molecule has 0 aliphatic heterocycles. The molecule has 1 aliphatic rings. The molecule has 0 unspecified atom stereocenters. The molecule has 0 bridgehead atoms. The van der Waals surface area contributed by atoms with Crippen LogP contribution in [-0.2, 0) is 0 Å². The minimum absolute atomic E-state index is 0.675. The zero-order valence-corrected chi connectivity index (χ0v) is 7.47. The maximum Gasteiger partial charge on any atom is 0.00417 e. The highest BCUT2D eigenvalue weighted by Crippen LogP contribution is 2.27. The Morgan fingerprint density at radius 3 is 2.91 bits per heavy atom. The van der Waals surface area contributed by atoms with Crippen LogP contribution in [0.1, 0.15) is 32.6 Å². The van der Waals surface area contributed by atoms with Crippen molar-refractivity contribution in [2.75, 3.05) is 6.54 Å². The monoisotopic (exact) mass is 153 g/mol. The van der Waals surface area contributed by atoms with Crippen LogP contribution in [-0.4, -0.2) is 12.6 Å². The molecule has 1 rings (SSSR count). The molecule has 11 heavy (non-hydrogen) atoms. The lowest BCUT2D eigenvalue weighted by Crippen LogP contribution is -2.27. The molecule has 1 nitrogen and oxygen atoms in total. The molecule has 0 saturated heterocycles. The standard InChI is InChI=1S/C10H19N/c1-3-4-5-9(2)11-8-10-6-7-10/h3,9-11H,1,4-8H2,2H3/t9-/m0/s1. The predicted molar refractivity (Wildman–Crippen MR) is 49.6 cm³/mol. The van der Waals surface area contributed by atoms with Crippen LogP contribution in [0.5, 0.6) is 0 Å². The van der Waals surface area contributed by atoms with Gasteiger partial charge in [0.05, 0.1) is 0 Å². The van der Waals surface area contributed by atoms with E-state index in [1.54, 1.807) is 0 Å². The van der Waals surface area contributed by atoms with Gasteiger partial charge in [-0.1, -0.05) is 6.08 Å². The van der Waals surface area contributed by atoms with Gasteiger partial charge in [-0.15, -0.1) is 6.58 Å². The molecule has 1 heteroatoms. The second kappa shape index (κ2) is 4.55. The minimum Gasteiger partial charge on any atom is -0.314 e. The van der Waals surface area contributed by atoms with Crippen molar-refractivity contribution >= 4 is 0 Å². The van der Waals surface area contributed by atoms with Gasteiger partial charge in [-0.2, -0.15) is 0 Å². The maximum atomic E-state index is 3.71. The zero-order valence-electron chi connectivity index (χ0n) is 7.47. The average Bonchev–Trinajstić information content (AvgIpc) is 2.80. The van der Waals surface area contributed by atoms with E-state index in [4.69, 9.17) is 0 Å². The topological polar surface area (TPSA) is 12.0 Å². The zero-order chi connectivity index (χ0) is 8.10. The van der Waals surface area contributed by atoms with Gasteiger partial charge in [-0.05, 0) is 45.1 Å². The van der Waals surface area contributed by atoms with Crippen molar-refractivity contribution in [3.8, 4) is 0 Å². The predicted octanol–water partition coefficient (Wildman–Crippen LogP) is 2.34. The molecular formula is C10H19N. The molecule has 0 aromatic heterocycles. The summed E-state index contributed by atoms with van der Waals surface area (Å²) in [4.78, 5) is 0. The van der Waals surface area contributed by atoms with Gasteiger partial charge in [-0.25, -0.2) is 0 Å². The van der Waals surface area contributed by atoms with Gasteiger partial charge in [0.25, 0.3) is 0 Å². The Bertz CT molecular complexity index is 116. The summed E-state index contributed by atoms with van der Waals surface area (Å²) in [7, 11) is 0. The fraction of sp³-hybridized carbons (Fsp3) is 0.800. The van der Waals surface area contributed by atoms with E-state index < -0.39 is 0 Å². The van der Waals surface area contributed by atoms with Crippen molar-refractivity contribution < 1.29 is 0 Å². The lowest BCUT2D eigenvalue weighted by molar-refractivity contribution is 0.503. The molecule has 1 N–H and O–H groups in total. The van der Waals surface area contributed by atoms with Crippen LogP contribution in [0.4, 0.5) is 0 Å². The van der Waals surface area contributed by atoms with Crippen molar-refractivity contribution in [1.82, 2.24) is 5.32 Å². The summed E-state index contributed by atoms with van der Waals surface area (Å²) >= 11 is 0. The third-order valence-electron chi connectivity index (χ3n) is 2.26. The second-order valence-corrected chi connectivity index (χ2v) is 3.62. The van der Waals surface area contributed by atoms with Gasteiger partial charge < -0.3 is 5.32 Å². The SMILES string of the molecule is C=CCC[C@H](C)NCC1CC1. The van der Waals surface area contributed by atoms with Crippen LogP contribution < -0.4 is 5.32 Å². The van der Waals surface area contributed by atoms with Crippen LogP contribution in [0.2, 0.25) is 0 Å². The van der Waals surface area contributed by atoms with Crippen molar-refractivity contribution in [3.05, 3.63) is 12.7 Å². The van der Waals surface area contributed by atoms with E-state index in [9.17, 15) is 0 Å². The fourth-order valence-electron chi connectivity index (χ4n) is 1.16. The molecule has 0 amide bonds. The number of hydrogen-bond acceptors (Lipinski definition) is 1. The Balaban J connectivity index is 1.90. The van der Waals surface area contributed by atoms with Crippen molar-refractivity contribution in [2.45, 2.75) is 38.6 Å². The summed E-state index contributed by atoms with van der Waals surface area (Å²) in [5.41, 5.74) is 0. The molecule has 0 aromatic rings. The lowest BCUT2D eigenvalue weighted by Gasteiger charge is -2.11. The van der Waals surface area contributed by atoms with E-state index in [0.717, 1.165) is 12.3 Å². The highest BCUT2D eigenvalue weighted by atomic mass is 14.9. The summed E-state index contributed by atoms with van der Waals surface area (Å²) in [6.45, 7) is 7.20. The summed E-state index contributed by atoms with van der Waals surface area (Å²) in [6.07, 6.45) is 7.26. The Hall–Kier alpha value is -0.300. The van der Waals surface area contributed by atoms with Crippen molar-refractivity contribution in [2.24, 2.45) is 5.92 Å². The van der Waals surface area contributed by atoms with Crippen LogP contribution in [0.25, 0.3) is 0 Å². The first-order chi connectivity index (χ1) is 5.33. The molecule has 64 valence electrons. The van der Waals surface area contributed by atoms with Gasteiger partial charge >= 0.3 is 0 Å². The molecular weight excluding hydrogens is 134 g/mol. The van der Waals surface area contributed by atoms with E-state index in [1.165, 1.54) is 25.8 Å². The van der Waals surface area contributed by atoms with E-state index >= 15 is 0 Å². The molecule has 1 atom stereocenters. The van der Waals surface area contributed by atoms with Crippen LogP contribution in [0.3, 0.4) is 0 Å². The summed E-state index contributed by atoms with van der Waals surface area (Å²) in [5.74, 6) is 1.00. The minimum atomic E-state index is 0.675. The lowest BCUT2D eigenvalue weighted by atomic mass is 10.2. The Morgan fingerprint density at radius 2 is 2.36 bits per heavy atom. The molecule has 1 fully saturated rings. The Kier molecular flexibility index (Phi) is 3.64. The molecule has 0 aromatic carbocycles.